The summed E-state index contributed by atoms with van der Waals surface area (Å²) >= 11 is 0. The molecule has 36 heavy (non-hydrogen) atoms. The van der Waals surface area contributed by atoms with E-state index < -0.39 is 12.4 Å². The largest absolute Gasteiger partial charge is 0.573 e. The molecular formula is C26H26F3N5O2. The van der Waals surface area contributed by atoms with Crippen molar-refractivity contribution in [3.63, 3.8) is 0 Å². The predicted molar refractivity (Wildman–Crippen MR) is 136 cm³/mol. The van der Waals surface area contributed by atoms with E-state index in [2.05, 4.69) is 31.1 Å². The minimum Gasteiger partial charge on any atom is -0.405 e. The molecule has 2 amide bonds. The third-order valence-corrected chi connectivity index (χ3v) is 4.98. The van der Waals surface area contributed by atoms with Crippen molar-refractivity contribution < 1.29 is 22.7 Å². The van der Waals surface area contributed by atoms with Gasteiger partial charge in [-0.15, -0.1) is 13.2 Å². The lowest BCUT2D eigenvalue weighted by atomic mass is 10.0. The number of carbonyl (C=O) groups excluding carboxylic acids is 1. The lowest BCUT2D eigenvalue weighted by Gasteiger charge is -2.13. The Morgan fingerprint density at radius 3 is 2.33 bits per heavy atom. The van der Waals surface area contributed by atoms with Crippen LogP contribution in [0.15, 0.2) is 83.0 Å². The molecule has 10 heteroatoms. The number of ether oxygens (including phenoxy) is 1. The van der Waals surface area contributed by atoms with Crippen LogP contribution in [0.3, 0.4) is 0 Å². The molecule has 0 aromatic heterocycles. The second-order valence-corrected chi connectivity index (χ2v) is 8.04. The van der Waals surface area contributed by atoms with Gasteiger partial charge in [0.15, 0.2) is 0 Å². The summed E-state index contributed by atoms with van der Waals surface area (Å²) in [6.45, 7) is 5.66. The molecule has 0 aliphatic rings. The number of nitrogens with one attached hydrogen (secondary N) is 3. The fourth-order valence-corrected chi connectivity index (χ4v) is 3.26. The number of nitrogens with zero attached hydrogens (tertiary/aromatic N) is 2. The van der Waals surface area contributed by atoms with Gasteiger partial charge in [-0.2, -0.15) is 10.2 Å². The van der Waals surface area contributed by atoms with Gasteiger partial charge in [0, 0.05) is 11.3 Å². The number of anilines is 2. The smallest absolute Gasteiger partial charge is 0.405 e. The minimum absolute atomic E-state index is 0.214. The van der Waals surface area contributed by atoms with Crippen LogP contribution >= 0.6 is 0 Å². The van der Waals surface area contributed by atoms with Gasteiger partial charge in [0.1, 0.15) is 5.75 Å². The van der Waals surface area contributed by atoms with E-state index in [0.717, 1.165) is 11.3 Å². The van der Waals surface area contributed by atoms with Crippen molar-refractivity contribution in [2.24, 2.45) is 10.2 Å². The normalized spacial score (nSPS) is 12.0. The van der Waals surface area contributed by atoms with Crippen molar-refractivity contribution >= 4 is 29.3 Å². The summed E-state index contributed by atoms with van der Waals surface area (Å²) in [6.07, 6.45) is -3.31. The molecule has 0 aliphatic carbocycles. The Balaban J connectivity index is 1.57. The van der Waals surface area contributed by atoms with Crippen molar-refractivity contribution in [2.75, 3.05) is 10.7 Å². The Bertz CT molecular complexity index is 1240. The Labute approximate surface area is 207 Å². The third-order valence-electron chi connectivity index (χ3n) is 4.98. The number of hydrazone groups is 2. The van der Waals surface area contributed by atoms with Crippen LogP contribution in [-0.2, 0) is 0 Å². The second kappa shape index (κ2) is 11.9. The van der Waals surface area contributed by atoms with Gasteiger partial charge in [0.25, 0.3) is 0 Å². The molecule has 3 aromatic rings. The van der Waals surface area contributed by atoms with Crippen molar-refractivity contribution in [3.8, 4) is 5.75 Å². The van der Waals surface area contributed by atoms with Crippen LogP contribution in [0.1, 0.15) is 43.4 Å². The maximum atomic E-state index is 12.6. The Morgan fingerprint density at radius 1 is 0.972 bits per heavy atom. The lowest BCUT2D eigenvalue weighted by Crippen LogP contribution is -2.24. The highest BCUT2D eigenvalue weighted by Gasteiger charge is 2.32. The van der Waals surface area contributed by atoms with Crippen LogP contribution in [0.5, 0.6) is 5.75 Å². The molecule has 0 bridgehead atoms. The SMILES string of the molecule is C/C(=N\Nc1ccc(/C=N/NC(=O)Nc2ccccc2C(C)C)cc1)c1ccccc1OC(F)(F)F. The first-order valence-electron chi connectivity index (χ1n) is 11.1. The second-order valence-electron chi connectivity index (χ2n) is 8.04. The first kappa shape index (κ1) is 26.3. The van der Waals surface area contributed by atoms with E-state index in [0.29, 0.717) is 17.0 Å². The summed E-state index contributed by atoms with van der Waals surface area (Å²) in [5.74, 6) is -0.0722. The predicted octanol–water partition coefficient (Wildman–Crippen LogP) is 6.70. The highest BCUT2D eigenvalue weighted by atomic mass is 19.4. The standard InChI is InChI=1S/C26H26F3N5O2/c1-17(2)21-8-4-6-10-23(21)31-25(35)34-30-16-19-12-14-20(15-13-19)33-32-18(3)22-9-5-7-11-24(22)36-26(27,28)29/h4-17,33H,1-3H3,(H2,31,34,35)/b30-16+,32-18+. The quantitative estimate of drug-likeness (QED) is 0.239. The molecule has 3 N–H and O–H groups in total. The Hall–Kier alpha value is -4.34. The summed E-state index contributed by atoms with van der Waals surface area (Å²) in [6, 6.07) is 19.8. The van der Waals surface area contributed by atoms with Gasteiger partial charge >= 0.3 is 12.4 Å². The van der Waals surface area contributed by atoms with Crippen molar-refractivity contribution in [1.82, 2.24) is 5.43 Å². The fraction of sp³-hybridized carbons (Fsp3) is 0.192. The van der Waals surface area contributed by atoms with E-state index in [1.54, 1.807) is 37.3 Å². The van der Waals surface area contributed by atoms with Crippen molar-refractivity contribution in [1.29, 1.82) is 0 Å². The van der Waals surface area contributed by atoms with E-state index in [-0.39, 0.29) is 17.2 Å². The van der Waals surface area contributed by atoms with Gasteiger partial charge < -0.3 is 10.1 Å². The zero-order chi connectivity index (χ0) is 26.1. The molecule has 0 atom stereocenters. The minimum atomic E-state index is -4.80. The van der Waals surface area contributed by atoms with Gasteiger partial charge in [0.2, 0.25) is 0 Å². The van der Waals surface area contributed by atoms with Gasteiger partial charge in [-0.25, -0.2) is 10.2 Å². The zero-order valence-corrected chi connectivity index (χ0v) is 19.9. The molecule has 0 saturated heterocycles. The summed E-state index contributed by atoms with van der Waals surface area (Å²) in [5, 5.41) is 10.9. The van der Waals surface area contributed by atoms with Crippen LogP contribution in [-0.4, -0.2) is 24.3 Å². The molecule has 0 aliphatic heterocycles. The number of hydrogen-bond donors (Lipinski definition) is 3. The number of rotatable bonds is 8. The summed E-state index contributed by atoms with van der Waals surface area (Å²) in [5.41, 5.74) is 8.83. The van der Waals surface area contributed by atoms with Crippen molar-refractivity contribution in [3.05, 3.63) is 89.5 Å². The highest BCUT2D eigenvalue weighted by molar-refractivity contribution is 6.01. The Kier molecular flexibility index (Phi) is 8.66. The van der Waals surface area contributed by atoms with E-state index in [4.69, 9.17) is 0 Å². The average molecular weight is 498 g/mol. The van der Waals surface area contributed by atoms with Crippen LogP contribution in [0.2, 0.25) is 0 Å². The topological polar surface area (TPSA) is 87.1 Å². The van der Waals surface area contributed by atoms with Crippen molar-refractivity contribution in [2.45, 2.75) is 33.1 Å². The summed E-state index contributed by atoms with van der Waals surface area (Å²) < 4.78 is 42.0. The molecule has 0 spiro atoms. The molecule has 0 saturated carbocycles. The molecule has 7 nitrogen and oxygen atoms in total. The monoisotopic (exact) mass is 497 g/mol. The number of halogens is 3. The number of urea groups is 1. The van der Waals surface area contributed by atoms with Gasteiger partial charge in [-0.05, 0) is 54.3 Å². The van der Waals surface area contributed by atoms with Crippen LogP contribution in [0.4, 0.5) is 29.3 Å². The van der Waals surface area contributed by atoms with E-state index in [1.165, 1.54) is 24.4 Å². The van der Waals surface area contributed by atoms with E-state index >= 15 is 0 Å². The molecular weight excluding hydrogens is 471 g/mol. The number of amides is 2. The summed E-state index contributed by atoms with van der Waals surface area (Å²) in [7, 11) is 0. The van der Waals surface area contributed by atoms with Gasteiger partial charge in [0.05, 0.1) is 17.6 Å². The van der Waals surface area contributed by atoms with Gasteiger partial charge in [-0.3, -0.25) is 5.43 Å². The highest BCUT2D eigenvalue weighted by Crippen LogP contribution is 2.27. The third kappa shape index (κ3) is 7.86. The fourth-order valence-electron chi connectivity index (χ4n) is 3.26. The number of carbonyl (C=O) groups is 1. The van der Waals surface area contributed by atoms with Crippen LogP contribution in [0.25, 0.3) is 0 Å². The molecule has 0 fully saturated rings. The molecule has 0 unspecified atom stereocenters. The molecule has 3 aromatic carbocycles. The number of alkyl halides is 3. The average Bonchev–Trinajstić information content (AvgIpc) is 2.83. The number of hydrogen-bond acceptors (Lipinski definition) is 5. The lowest BCUT2D eigenvalue weighted by molar-refractivity contribution is -0.274. The van der Waals surface area contributed by atoms with Gasteiger partial charge in [-0.1, -0.05) is 56.3 Å². The first-order chi connectivity index (χ1) is 17.1. The zero-order valence-electron chi connectivity index (χ0n) is 19.9. The van der Waals surface area contributed by atoms with Crippen LogP contribution in [0, 0.1) is 0 Å². The molecule has 0 heterocycles. The Morgan fingerprint density at radius 2 is 1.64 bits per heavy atom. The van der Waals surface area contributed by atoms with Crippen LogP contribution < -0.4 is 20.9 Å². The van der Waals surface area contributed by atoms with E-state index in [9.17, 15) is 18.0 Å². The van der Waals surface area contributed by atoms with E-state index in [1.807, 2.05) is 38.1 Å². The number of para-hydroxylation sites is 2. The summed E-state index contributed by atoms with van der Waals surface area (Å²) in [4.78, 5) is 12.2. The molecule has 188 valence electrons. The first-order valence-corrected chi connectivity index (χ1v) is 11.1. The maximum Gasteiger partial charge on any atom is 0.573 e. The number of benzene rings is 3. The maximum absolute atomic E-state index is 12.6. The molecule has 3 rings (SSSR count). The molecule has 0 radical (unpaired) electrons.